The number of alkyl halides is 2. The van der Waals surface area contributed by atoms with Gasteiger partial charge in [0.2, 0.25) is 0 Å². The number of hydrogen-bond donors (Lipinski definition) is 0. The lowest BCUT2D eigenvalue weighted by Crippen LogP contribution is -2.38. The minimum absolute atomic E-state index is 0.326. The van der Waals surface area contributed by atoms with Gasteiger partial charge >= 0.3 is 6.11 Å². The van der Waals surface area contributed by atoms with Gasteiger partial charge < -0.3 is 4.74 Å². The molecule has 134 valence electrons. The zero-order chi connectivity index (χ0) is 17.2. The third-order valence-corrected chi connectivity index (χ3v) is 5.71. The van der Waals surface area contributed by atoms with Crippen LogP contribution in [0.15, 0.2) is 18.2 Å². The molecule has 24 heavy (non-hydrogen) atoms. The maximum Gasteiger partial charge on any atom is 0.400 e. The first-order valence-electron chi connectivity index (χ1n) is 8.97. The van der Waals surface area contributed by atoms with Gasteiger partial charge in [0.15, 0.2) is 11.6 Å². The fourth-order valence-electron chi connectivity index (χ4n) is 4.31. The summed E-state index contributed by atoms with van der Waals surface area (Å²) < 4.78 is 59.5. The van der Waals surface area contributed by atoms with E-state index in [0.717, 1.165) is 25.0 Å². The predicted octanol–water partition coefficient (Wildman–Crippen LogP) is 6.32. The number of rotatable bonds is 4. The maximum atomic E-state index is 14.4. The second-order valence-corrected chi connectivity index (χ2v) is 7.25. The van der Waals surface area contributed by atoms with E-state index in [4.69, 9.17) is 4.74 Å². The highest BCUT2D eigenvalue weighted by molar-refractivity contribution is 5.24. The van der Waals surface area contributed by atoms with Crippen molar-refractivity contribution in [1.82, 2.24) is 0 Å². The highest BCUT2D eigenvalue weighted by Crippen LogP contribution is 2.44. The highest BCUT2D eigenvalue weighted by atomic mass is 19.3. The summed E-state index contributed by atoms with van der Waals surface area (Å²) in [5.74, 6) is -2.18. The van der Waals surface area contributed by atoms with E-state index in [9.17, 15) is 17.6 Å². The second kappa shape index (κ2) is 7.32. The molecule has 0 heterocycles. The molecule has 1 nitrogen and oxygen atoms in total. The molecule has 0 amide bonds. The van der Waals surface area contributed by atoms with Crippen molar-refractivity contribution in [3.8, 4) is 5.75 Å². The lowest BCUT2D eigenvalue weighted by atomic mass is 9.71. The van der Waals surface area contributed by atoms with E-state index < -0.39 is 23.7 Å². The fourth-order valence-corrected chi connectivity index (χ4v) is 4.31. The van der Waals surface area contributed by atoms with Crippen molar-refractivity contribution in [3.05, 3.63) is 29.8 Å². The molecule has 0 radical (unpaired) electrons. The van der Waals surface area contributed by atoms with Crippen molar-refractivity contribution >= 4 is 0 Å². The number of benzene rings is 1. The van der Waals surface area contributed by atoms with Crippen LogP contribution in [0.1, 0.15) is 57.8 Å². The number of hydrogen-bond acceptors (Lipinski definition) is 1. The van der Waals surface area contributed by atoms with E-state index in [1.54, 1.807) is 0 Å². The molecule has 0 unspecified atom stereocenters. The summed E-state index contributed by atoms with van der Waals surface area (Å²) in [6.07, 6.45) is 5.43. The van der Waals surface area contributed by atoms with Gasteiger partial charge in [-0.15, -0.1) is 0 Å². The van der Waals surface area contributed by atoms with Gasteiger partial charge in [0.1, 0.15) is 5.75 Å². The lowest BCUT2D eigenvalue weighted by Gasteiger charge is -2.37. The largest absolute Gasteiger partial charge is 0.432 e. The molecular weight excluding hydrogens is 320 g/mol. The first-order valence-corrected chi connectivity index (χ1v) is 8.97. The average molecular weight is 344 g/mol. The van der Waals surface area contributed by atoms with Crippen LogP contribution in [-0.4, -0.2) is 6.11 Å². The van der Waals surface area contributed by atoms with Crippen molar-refractivity contribution < 1.29 is 22.3 Å². The van der Waals surface area contributed by atoms with Crippen molar-refractivity contribution in [2.45, 2.75) is 63.9 Å². The minimum Gasteiger partial charge on any atom is -0.432 e. The molecule has 0 bridgehead atoms. The normalized spacial score (nSPS) is 26.3. The van der Waals surface area contributed by atoms with Gasteiger partial charge in [-0.25, -0.2) is 8.78 Å². The Morgan fingerprint density at radius 3 is 2.04 bits per heavy atom. The first-order chi connectivity index (χ1) is 11.5. The standard InChI is InChI=1S/C19H24F4O/c20-17-11-10-16(12-18(17)21)24-19(22,23)15-8-6-14(7-9-15)13-4-2-1-3-5-13/h10-15H,1-9H2. The minimum atomic E-state index is -3.35. The first kappa shape index (κ1) is 17.6. The Kier molecular flexibility index (Phi) is 5.36. The van der Waals surface area contributed by atoms with Gasteiger partial charge in [0.05, 0.1) is 5.92 Å². The molecule has 2 aliphatic carbocycles. The van der Waals surface area contributed by atoms with E-state index in [-0.39, 0.29) is 5.75 Å². The second-order valence-electron chi connectivity index (χ2n) is 7.25. The van der Waals surface area contributed by atoms with Gasteiger partial charge in [0.25, 0.3) is 0 Å². The zero-order valence-corrected chi connectivity index (χ0v) is 13.7. The fraction of sp³-hybridized carbons (Fsp3) is 0.684. The van der Waals surface area contributed by atoms with Crippen molar-refractivity contribution in [2.75, 3.05) is 0 Å². The summed E-state index contributed by atoms with van der Waals surface area (Å²) in [6, 6.07) is 2.53. The monoisotopic (exact) mass is 344 g/mol. The van der Waals surface area contributed by atoms with Crippen LogP contribution >= 0.6 is 0 Å². The summed E-state index contributed by atoms with van der Waals surface area (Å²) in [5, 5.41) is 0. The van der Waals surface area contributed by atoms with Crippen molar-refractivity contribution in [3.63, 3.8) is 0 Å². The van der Waals surface area contributed by atoms with Crippen LogP contribution in [-0.2, 0) is 0 Å². The smallest absolute Gasteiger partial charge is 0.400 e. The Balaban J connectivity index is 1.56. The van der Waals surface area contributed by atoms with Crippen LogP contribution in [0.5, 0.6) is 5.75 Å². The summed E-state index contributed by atoms with van der Waals surface area (Å²) in [6.45, 7) is 0. The third-order valence-electron chi connectivity index (χ3n) is 5.71. The van der Waals surface area contributed by atoms with E-state index in [0.29, 0.717) is 30.7 Å². The van der Waals surface area contributed by atoms with E-state index in [1.165, 1.54) is 32.1 Å². The molecule has 5 heteroatoms. The van der Waals surface area contributed by atoms with E-state index in [1.807, 2.05) is 0 Å². The van der Waals surface area contributed by atoms with Crippen LogP contribution < -0.4 is 4.74 Å². The number of ether oxygens (including phenoxy) is 1. The molecule has 0 aliphatic heterocycles. The third kappa shape index (κ3) is 4.04. The van der Waals surface area contributed by atoms with Crippen LogP contribution in [0.25, 0.3) is 0 Å². The highest BCUT2D eigenvalue weighted by Gasteiger charge is 2.44. The SMILES string of the molecule is Fc1ccc(OC(F)(F)C2CCC(C3CCCCC3)CC2)cc1F. The Morgan fingerprint density at radius 1 is 0.792 bits per heavy atom. The maximum absolute atomic E-state index is 14.4. The van der Waals surface area contributed by atoms with Gasteiger partial charge in [0, 0.05) is 6.07 Å². The zero-order valence-electron chi connectivity index (χ0n) is 13.7. The average Bonchev–Trinajstić information content (AvgIpc) is 2.59. The lowest BCUT2D eigenvalue weighted by molar-refractivity contribution is -0.224. The summed E-state index contributed by atoms with van der Waals surface area (Å²) >= 11 is 0. The van der Waals surface area contributed by atoms with E-state index >= 15 is 0 Å². The Bertz CT molecular complexity index is 546. The summed E-state index contributed by atoms with van der Waals surface area (Å²) in [5.41, 5.74) is 0. The molecule has 2 saturated carbocycles. The van der Waals surface area contributed by atoms with Crippen LogP contribution in [0.3, 0.4) is 0 Å². The summed E-state index contributed by atoms with van der Waals surface area (Å²) in [4.78, 5) is 0. The quantitative estimate of drug-likeness (QED) is 0.581. The Labute approximate surface area is 140 Å². The molecule has 1 aromatic carbocycles. The van der Waals surface area contributed by atoms with Crippen LogP contribution in [0.2, 0.25) is 0 Å². The Hall–Kier alpha value is -1.26. The molecule has 0 atom stereocenters. The van der Waals surface area contributed by atoms with Crippen LogP contribution in [0, 0.1) is 29.4 Å². The predicted molar refractivity (Wildman–Crippen MR) is 84.0 cm³/mol. The number of halogens is 4. The van der Waals surface area contributed by atoms with Crippen molar-refractivity contribution in [1.29, 1.82) is 0 Å². The van der Waals surface area contributed by atoms with Crippen molar-refractivity contribution in [2.24, 2.45) is 17.8 Å². The molecule has 1 aromatic rings. The molecule has 2 fully saturated rings. The molecule has 0 spiro atoms. The summed E-state index contributed by atoms with van der Waals surface area (Å²) in [7, 11) is 0. The van der Waals surface area contributed by atoms with Gasteiger partial charge in [-0.1, -0.05) is 32.1 Å². The topological polar surface area (TPSA) is 9.23 Å². The molecule has 0 aromatic heterocycles. The molecule has 0 saturated heterocycles. The Morgan fingerprint density at radius 2 is 1.42 bits per heavy atom. The molecule has 2 aliphatic rings. The van der Waals surface area contributed by atoms with Gasteiger partial charge in [-0.05, 0) is 49.7 Å². The van der Waals surface area contributed by atoms with Crippen LogP contribution in [0.4, 0.5) is 17.6 Å². The van der Waals surface area contributed by atoms with E-state index in [2.05, 4.69) is 0 Å². The van der Waals surface area contributed by atoms with Gasteiger partial charge in [-0.2, -0.15) is 8.78 Å². The molecule has 0 N–H and O–H groups in total. The van der Waals surface area contributed by atoms with Gasteiger partial charge in [-0.3, -0.25) is 0 Å². The molecular formula is C19H24F4O. The molecule has 3 rings (SSSR count).